The number of para-hydroxylation sites is 1. The third-order valence-electron chi connectivity index (χ3n) is 5.91. The molecule has 37 heavy (non-hydrogen) atoms. The first-order valence-corrected chi connectivity index (χ1v) is 13.9. The normalized spacial score (nSPS) is 14.5. The molecule has 0 aromatic heterocycles. The van der Waals surface area contributed by atoms with Crippen molar-refractivity contribution >= 4 is 62.3 Å². The first kappa shape index (κ1) is 26.8. The van der Waals surface area contributed by atoms with Crippen molar-refractivity contribution in [3.8, 4) is 0 Å². The van der Waals surface area contributed by atoms with Crippen LogP contribution >= 0.6 is 23.8 Å². The molecule has 10 heteroatoms. The molecule has 0 aliphatic carbocycles. The summed E-state index contributed by atoms with van der Waals surface area (Å²) < 4.78 is 27.6. The second-order valence-electron chi connectivity index (χ2n) is 8.53. The van der Waals surface area contributed by atoms with Gasteiger partial charge in [0.15, 0.2) is 5.11 Å². The number of aryl methyl sites for hydroxylation is 1. The van der Waals surface area contributed by atoms with E-state index < -0.39 is 10.0 Å². The molecule has 3 aromatic carbocycles. The zero-order valence-electron chi connectivity index (χ0n) is 20.2. The Hall–Kier alpha value is -3.24. The fourth-order valence-electron chi connectivity index (χ4n) is 3.99. The number of hydrogen-bond donors (Lipinski definition) is 2. The predicted molar refractivity (Wildman–Crippen MR) is 153 cm³/mol. The zero-order chi connectivity index (χ0) is 26.4. The maximum atomic E-state index is 13.1. The Morgan fingerprint density at radius 3 is 2.30 bits per heavy atom. The number of sulfonamides is 1. The Labute approximate surface area is 227 Å². The van der Waals surface area contributed by atoms with Gasteiger partial charge in [0.05, 0.1) is 21.3 Å². The highest BCUT2D eigenvalue weighted by Gasteiger charge is 2.30. The quantitative estimate of drug-likeness (QED) is 0.340. The van der Waals surface area contributed by atoms with Crippen LogP contribution in [-0.2, 0) is 14.8 Å². The van der Waals surface area contributed by atoms with E-state index in [0.29, 0.717) is 42.6 Å². The molecule has 2 N–H and O–H groups in total. The van der Waals surface area contributed by atoms with Crippen molar-refractivity contribution in [1.82, 2.24) is 9.62 Å². The fraction of sp³-hybridized carbons (Fsp3) is 0.185. The fourth-order valence-corrected chi connectivity index (χ4v) is 5.92. The summed E-state index contributed by atoms with van der Waals surface area (Å²) in [5, 5.41) is 6.33. The lowest BCUT2D eigenvalue weighted by atomic mass is 10.2. The van der Waals surface area contributed by atoms with Gasteiger partial charge in [0.1, 0.15) is 0 Å². The minimum Gasteiger partial charge on any atom is -0.366 e. The van der Waals surface area contributed by atoms with Gasteiger partial charge >= 0.3 is 0 Å². The van der Waals surface area contributed by atoms with Gasteiger partial charge < -0.3 is 10.2 Å². The van der Waals surface area contributed by atoms with Gasteiger partial charge in [0.25, 0.3) is 0 Å². The van der Waals surface area contributed by atoms with Crippen molar-refractivity contribution in [2.45, 2.75) is 11.8 Å². The molecule has 0 bridgehead atoms. The number of carbonyl (C=O) groups excluding carboxylic acids is 1. The van der Waals surface area contributed by atoms with Crippen LogP contribution in [0.1, 0.15) is 11.1 Å². The minimum atomic E-state index is -3.58. The molecule has 1 aliphatic rings. The number of rotatable bonds is 6. The molecule has 0 saturated carbocycles. The van der Waals surface area contributed by atoms with E-state index in [2.05, 4.69) is 10.6 Å². The number of thiocarbonyl (C=S) groups is 1. The van der Waals surface area contributed by atoms with Crippen molar-refractivity contribution in [2.75, 3.05) is 36.4 Å². The van der Waals surface area contributed by atoms with Crippen molar-refractivity contribution < 1.29 is 13.2 Å². The SMILES string of the molecule is Cc1ccc(S(=O)(=O)N2CCN(c3c(Cl)cccc3NC(=S)NC(=O)/C=C/c3ccccc3)CC2)cc1. The van der Waals surface area contributed by atoms with Gasteiger partial charge in [-0.25, -0.2) is 8.42 Å². The van der Waals surface area contributed by atoms with Crippen molar-refractivity contribution in [2.24, 2.45) is 0 Å². The smallest absolute Gasteiger partial charge is 0.250 e. The van der Waals surface area contributed by atoms with E-state index in [0.717, 1.165) is 11.1 Å². The monoisotopic (exact) mass is 554 g/mol. The third kappa shape index (κ3) is 6.75. The third-order valence-corrected chi connectivity index (χ3v) is 8.33. The van der Waals surface area contributed by atoms with Gasteiger partial charge in [-0.1, -0.05) is 65.7 Å². The second-order valence-corrected chi connectivity index (χ2v) is 11.3. The molecule has 0 atom stereocenters. The minimum absolute atomic E-state index is 0.131. The van der Waals surface area contributed by atoms with Crippen LogP contribution in [0.4, 0.5) is 11.4 Å². The van der Waals surface area contributed by atoms with Crippen LogP contribution in [0.25, 0.3) is 6.08 Å². The Kier molecular flexibility index (Phi) is 8.60. The van der Waals surface area contributed by atoms with Crippen molar-refractivity contribution in [1.29, 1.82) is 0 Å². The lowest BCUT2D eigenvalue weighted by Crippen LogP contribution is -2.49. The zero-order valence-corrected chi connectivity index (χ0v) is 22.6. The molecule has 3 aromatic rings. The van der Waals surface area contributed by atoms with Crippen molar-refractivity contribution in [3.05, 3.63) is 95.0 Å². The average Bonchev–Trinajstić information content (AvgIpc) is 2.88. The number of nitrogens with one attached hydrogen (secondary N) is 2. The van der Waals surface area contributed by atoms with Crippen LogP contribution in [0, 0.1) is 6.92 Å². The topological polar surface area (TPSA) is 81.8 Å². The molecule has 1 aliphatic heterocycles. The number of piperazine rings is 1. The number of nitrogens with zero attached hydrogens (tertiary/aromatic N) is 2. The predicted octanol–water partition coefficient (Wildman–Crippen LogP) is 4.69. The first-order valence-electron chi connectivity index (χ1n) is 11.7. The maximum Gasteiger partial charge on any atom is 0.250 e. The standard InChI is InChI=1S/C27H27ClN4O3S2/c1-20-10-13-22(14-11-20)37(34,35)32-18-16-31(17-19-32)26-23(28)8-5-9-24(26)29-27(36)30-25(33)15-12-21-6-3-2-4-7-21/h2-15H,16-19H2,1H3,(H2,29,30,33,36)/b15-12+. The number of anilines is 2. The number of hydrogen-bond acceptors (Lipinski definition) is 5. The number of carbonyl (C=O) groups is 1. The summed E-state index contributed by atoms with van der Waals surface area (Å²) in [7, 11) is -3.58. The van der Waals surface area contributed by atoms with Crippen LogP contribution in [0.3, 0.4) is 0 Å². The van der Waals surface area contributed by atoms with Crippen LogP contribution in [0.15, 0.2) is 83.8 Å². The molecular weight excluding hydrogens is 528 g/mol. The van der Waals surface area contributed by atoms with Gasteiger partial charge in [-0.15, -0.1) is 0 Å². The molecule has 0 unspecified atom stereocenters. The Morgan fingerprint density at radius 1 is 0.946 bits per heavy atom. The number of benzene rings is 3. The van der Waals surface area contributed by atoms with Crippen LogP contribution in [0.5, 0.6) is 0 Å². The van der Waals surface area contributed by atoms with Gasteiger partial charge in [0.2, 0.25) is 15.9 Å². The Morgan fingerprint density at radius 2 is 1.62 bits per heavy atom. The molecule has 7 nitrogen and oxygen atoms in total. The summed E-state index contributed by atoms with van der Waals surface area (Å²) >= 11 is 11.9. The van der Waals surface area contributed by atoms with E-state index in [9.17, 15) is 13.2 Å². The van der Waals surface area contributed by atoms with Crippen LogP contribution in [0.2, 0.25) is 5.02 Å². The maximum absolute atomic E-state index is 13.1. The molecule has 1 amide bonds. The number of halogens is 1. The Balaban J connectivity index is 1.41. The molecule has 0 spiro atoms. The van der Waals surface area contributed by atoms with E-state index in [4.69, 9.17) is 23.8 Å². The largest absolute Gasteiger partial charge is 0.366 e. The van der Waals surface area contributed by atoms with Crippen LogP contribution < -0.4 is 15.5 Å². The van der Waals surface area contributed by atoms with Crippen molar-refractivity contribution in [3.63, 3.8) is 0 Å². The van der Waals surface area contributed by atoms with Gasteiger partial charge in [-0.05, 0) is 55.0 Å². The molecule has 1 fully saturated rings. The van der Waals surface area contributed by atoms with E-state index in [1.165, 1.54) is 10.4 Å². The molecule has 1 saturated heterocycles. The molecule has 4 rings (SSSR count). The lowest BCUT2D eigenvalue weighted by Gasteiger charge is -2.36. The van der Waals surface area contributed by atoms with E-state index >= 15 is 0 Å². The Bertz CT molecular complexity index is 1400. The summed E-state index contributed by atoms with van der Waals surface area (Å²) in [5.74, 6) is -0.361. The van der Waals surface area contributed by atoms with Gasteiger partial charge in [-0.2, -0.15) is 4.31 Å². The van der Waals surface area contributed by atoms with Gasteiger partial charge in [0, 0.05) is 32.3 Å². The number of amides is 1. The average molecular weight is 555 g/mol. The highest BCUT2D eigenvalue weighted by atomic mass is 35.5. The van der Waals surface area contributed by atoms with Crippen LogP contribution in [-0.4, -0.2) is 49.9 Å². The summed E-state index contributed by atoms with van der Waals surface area (Å²) in [6, 6.07) is 21.7. The van der Waals surface area contributed by atoms with E-state index in [-0.39, 0.29) is 15.9 Å². The van der Waals surface area contributed by atoms with Gasteiger partial charge in [-0.3, -0.25) is 10.1 Å². The first-order chi connectivity index (χ1) is 17.7. The summed E-state index contributed by atoms with van der Waals surface area (Å²) in [5.41, 5.74) is 3.23. The van der Waals surface area contributed by atoms with E-state index in [1.807, 2.05) is 48.2 Å². The highest BCUT2D eigenvalue weighted by molar-refractivity contribution is 7.89. The summed E-state index contributed by atoms with van der Waals surface area (Å²) in [4.78, 5) is 14.6. The molecule has 1 heterocycles. The highest BCUT2D eigenvalue weighted by Crippen LogP contribution is 2.35. The molecule has 192 valence electrons. The second kappa shape index (κ2) is 11.9. The van der Waals surface area contributed by atoms with E-state index in [1.54, 1.807) is 42.5 Å². The molecular formula is C27H27ClN4O3S2. The lowest BCUT2D eigenvalue weighted by molar-refractivity contribution is -0.115. The summed E-state index contributed by atoms with van der Waals surface area (Å²) in [6.45, 7) is 3.44. The summed E-state index contributed by atoms with van der Waals surface area (Å²) in [6.07, 6.45) is 3.11. The molecule has 0 radical (unpaired) electrons.